The van der Waals surface area contributed by atoms with E-state index in [9.17, 15) is 4.79 Å². The molecule has 3 aromatic rings. The first-order chi connectivity index (χ1) is 13.1. The number of ether oxygens (including phenoxy) is 2. The lowest BCUT2D eigenvalue weighted by atomic mass is 10.1. The monoisotopic (exact) mass is 384 g/mol. The maximum Gasteiger partial charge on any atom is 0.266 e. The number of fused-ring (bicyclic) bond motifs is 1. The van der Waals surface area contributed by atoms with Gasteiger partial charge < -0.3 is 9.47 Å². The van der Waals surface area contributed by atoms with Crippen LogP contribution in [0.15, 0.2) is 42.5 Å². The van der Waals surface area contributed by atoms with Gasteiger partial charge in [0.2, 0.25) is 0 Å². The van der Waals surface area contributed by atoms with Crippen LogP contribution in [0.3, 0.4) is 0 Å². The molecule has 0 fully saturated rings. The normalized spacial score (nSPS) is 12.0. The van der Waals surface area contributed by atoms with Gasteiger partial charge >= 0.3 is 0 Å². The number of aromatic nitrogens is 1. The lowest BCUT2D eigenvalue weighted by Crippen LogP contribution is -2.30. The minimum absolute atomic E-state index is 0.233. The molecule has 142 valence electrons. The number of hydrogen-bond acceptors (Lipinski definition) is 5. The largest absolute Gasteiger partial charge is 0.497 e. The van der Waals surface area contributed by atoms with Crippen molar-refractivity contribution in [2.75, 3.05) is 12.4 Å². The van der Waals surface area contributed by atoms with Crippen molar-refractivity contribution in [3.8, 4) is 11.5 Å². The van der Waals surface area contributed by atoms with Crippen LogP contribution >= 0.6 is 11.3 Å². The summed E-state index contributed by atoms with van der Waals surface area (Å²) in [5, 5.41) is 3.44. The Balaban J connectivity index is 1.65. The zero-order valence-electron chi connectivity index (χ0n) is 15.8. The van der Waals surface area contributed by atoms with E-state index in [0.717, 1.165) is 16.6 Å². The van der Waals surface area contributed by atoms with Gasteiger partial charge in [0.05, 0.1) is 17.3 Å². The Morgan fingerprint density at radius 3 is 2.81 bits per heavy atom. The van der Waals surface area contributed by atoms with Crippen molar-refractivity contribution in [1.82, 2.24) is 4.98 Å². The quantitative estimate of drug-likeness (QED) is 0.590. The number of nitrogens with zero attached hydrogens (tertiary/aromatic N) is 1. The summed E-state index contributed by atoms with van der Waals surface area (Å²) < 4.78 is 12.0. The molecule has 0 aliphatic heterocycles. The number of nitrogens with one attached hydrogen (secondary N) is 1. The molecule has 5 nitrogen and oxygen atoms in total. The molecule has 0 aliphatic rings. The lowest BCUT2D eigenvalue weighted by molar-refractivity contribution is -0.122. The van der Waals surface area contributed by atoms with Crippen molar-refractivity contribution in [3.05, 3.63) is 48.0 Å². The van der Waals surface area contributed by atoms with Crippen LogP contribution < -0.4 is 14.8 Å². The number of amides is 1. The van der Waals surface area contributed by atoms with Gasteiger partial charge in [0.1, 0.15) is 11.5 Å². The van der Waals surface area contributed by atoms with E-state index in [1.54, 1.807) is 26.2 Å². The van der Waals surface area contributed by atoms with E-state index < -0.39 is 6.10 Å². The van der Waals surface area contributed by atoms with E-state index in [4.69, 9.17) is 9.47 Å². The molecule has 0 aliphatic carbocycles. The smallest absolute Gasteiger partial charge is 0.266 e. The Bertz CT molecular complexity index is 923. The van der Waals surface area contributed by atoms with Gasteiger partial charge in [-0.15, -0.1) is 0 Å². The zero-order valence-corrected chi connectivity index (χ0v) is 16.6. The van der Waals surface area contributed by atoms with Gasteiger partial charge in [-0.3, -0.25) is 10.1 Å². The fourth-order valence-electron chi connectivity index (χ4n) is 2.70. The Morgan fingerprint density at radius 1 is 1.22 bits per heavy atom. The summed E-state index contributed by atoms with van der Waals surface area (Å²) in [5.41, 5.74) is 2.21. The van der Waals surface area contributed by atoms with E-state index >= 15 is 0 Å². The maximum absolute atomic E-state index is 12.5. The van der Waals surface area contributed by atoms with Crippen molar-refractivity contribution in [2.24, 2.45) is 0 Å². The molecule has 1 N–H and O–H groups in total. The van der Waals surface area contributed by atoms with Gasteiger partial charge in [0, 0.05) is 6.07 Å². The summed E-state index contributed by atoms with van der Waals surface area (Å²) >= 11 is 1.48. The van der Waals surface area contributed by atoms with E-state index in [-0.39, 0.29) is 5.91 Å². The summed E-state index contributed by atoms with van der Waals surface area (Å²) in [5.74, 6) is 1.04. The summed E-state index contributed by atoms with van der Waals surface area (Å²) in [6.45, 7) is 3.90. The van der Waals surface area contributed by atoms with Crippen molar-refractivity contribution in [3.63, 3.8) is 0 Å². The molecule has 1 unspecified atom stereocenters. The van der Waals surface area contributed by atoms with Gasteiger partial charge in [-0.1, -0.05) is 36.8 Å². The van der Waals surface area contributed by atoms with Crippen molar-refractivity contribution >= 4 is 32.6 Å². The third-order valence-corrected chi connectivity index (χ3v) is 5.16. The molecule has 1 aromatic heterocycles. The number of hydrogen-bond donors (Lipinski definition) is 1. The minimum Gasteiger partial charge on any atom is -0.497 e. The summed E-state index contributed by atoms with van der Waals surface area (Å²) in [6, 6.07) is 13.5. The summed E-state index contributed by atoms with van der Waals surface area (Å²) in [6.07, 6.45) is 2.77. The molecule has 1 heterocycles. The number of carbonyl (C=O) groups is 1. The fourth-order valence-corrected chi connectivity index (χ4v) is 3.63. The number of thiazole rings is 1. The second kappa shape index (κ2) is 8.86. The van der Waals surface area contributed by atoms with Crippen LogP contribution in [0.4, 0.5) is 5.13 Å². The predicted octanol–water partition coefficient (Wildman–Crippen LogP) is 5.05. The fraction of sp³-hybridized carbons (Fsp3) is 0.333. The highest BCUT2D eigenvalue weighted by molar-refractivity contribution is 7.22. The standard InChI is InChI=1S/C21H24N2O3S/c1-4-5-7-15-10-11-18-19(12-15)27-21(22-18)23-20(24)14(2)26-17-9-6-8-16(13-17)25-3/h6,8-14H,4-5,7H2,1-3H3,(H,22,23,24). The zero-order chi connectivity index (χ0) is 19.2. The Labute approximate surface area is 163 Å². The topological polar surface area (TPSA) is 60.5 Å². The highest BCUT2D eigenvalue weighted by atomic mass is 32.1. The molecule has 0 spiro atoms. The molecule has 2 aromatic carbocycles. The Kier molecular flexibility index (Phi) is 6.29. The van der Waals surface area contributed by atoms with E-state index in [2.05, 4.69) is 29.4 Å². The van der Waals surface area contributed by atoms with Crippen LogP contribution in [0.2, 0.25) is 0 Å². The Morgan fingerprint density at radius 2 is 2.04 bits per heavy atom. The number of carbonyl (C=O) groups excluding carboxylic acids is 1. The van der Waals surface area contributed by atoms with E-state index in [1.165, 1.54) is 29.7 Å². The third kappa shape index (κ3) is 4.98. The van der Waals surface area contributed by atoms with Crippen LogP contribution in [0.25, 0.3) is 10.2 Å². The number of unbranched alkanes of at least 4 members (excludes halogenated alkanes) is 1. The molecule has 0 saturated heterocycles. The number of rotatable bonds is 8. The number of benzene rings is 2. The first-order valence-corrected chi connectivity index (χ1v) is 9.91. The maximum atomic E-state index is 12.5. The van der Waals surface area contributed by atoms with Gasteiger partial charge in [-0.05, 0) is 49.6 Å². The first kappa shape index (κ1) is 19.2. The van der Waals surface area contributed by atoms with Crippen LogP contribution in [-0.4, -0.2) is 24.1 Å². The molecule has 0 saturated carbocycles. The molecule has 0 bridgehead atoms. The molecule has 3 rings (SSSR count). The highest BCUT2D eigenvalue weighted by Gasteiger charge is 2.17. The molecule has 1 amide bonds. The molecular weight excluding hydrogens is 360 g/mol. The SMILES string of the molecule is CCCCc1ccc2nc(NC(=O)C(C)Oc3cccc(OC)c3)sc2c1. The molecular formula is C21H24N2O3S. The molecule has 27 heavy (non-hydrogen) atoms. The second-order valence-electron chi connectivity index (χ2n) is 6.35. The lowest BCUT2D eigenvalue weighted by Gasteiger charge is -2.14. The van der Waals surface area contributed by atoms with Crippen LogP contribution in [0.1, 0.15) is 32.3 Å². The van der Waals surface area contributed by atoms with E-state index in [0.29, 0.717) is 16.6 Å². The number of anilines is 1. The average molecular weight is 385 g/mol. The molecule has 0 radical (unpaired) electrons. The average Bonchev–Trinajstić information content (AvgIpc) is 3.07. The van der Waals surface area contributed by atoms with Gasteiger partial charge in [-0.2, -0.15) is 0 Å². The first-order valence-electron chi connectivity index (χ1n) is 9.10. The minimum atomic E-state index is -0.649. The van der Waals surface area contributed by atoms with Gasteiger partial charge in [0.15, 0.2) is 11.2 Å². The van der Waals surface area contributed by atoms with Gasteiger partial charge in [0.25, 0.3) is 5.91 Å². The molecule has 6 heteroatoms. The van der Waals surface area contributed by atoms with Crippen molar-refractivity contribution in [1.29, 1.82) is 0 Å². The van der Waals surface area contributed by atoms with Crippen LogP contribution in [0.5, 0.6) is 11.5 Å². The van der Waals surface area contributed by atoms with Crippen molar-refractivity contribution < 1.29 is 14.3 Å². The van der Waals surface area contributed by atoms with Crippen molar-refractivity contribution in [2.45, 2.75) is 39.2 Å². The highest BCUT2D eigenvalue weighted by Crippen LogP contribution is 2.28. The summed E-state index contributed by atoms with van der Waals surface area (Å²) in [7, 11) is 1.59. The number of methoxy groups -OCH3 is 1. The van der Waals surface area contributed by atoms with Crippen LogP contribution in [-0.2, 0) is 11.2 Å². The number of aryl methyl sites for hydroxylation is 1. The predicted molar refractivity (Wildman–Crippen MR) is 110 cm³/mol. The van der Waals surface area contributed by atoms with E-state index in [1.807, 2.05) is 18.2 Å². The Hall–Kier alpha value is -2.60. The second-order valence-corrected chi connectivity index (χ2v) is 7.38. The molecule has 1 atom stereocenters. The van der Waals surface area contributed by atoms with Crippen LogP contribution in [0, 0.1) is 0 Å². The van der Waals surface area contributed by atoms with Gasteiger partial charge in [-0.25, -0.2) is 4.98 Å². The summed E-state index contributed by atoms with van der Waals surface area (Å²) in [4.78, 5) is 17.0. The third-order valence-electron chi connectivity index (χ3n) is 4.23.